The van der Waals surface area contributed by atoms with Crippen LogP contribution in [-0.4, -0.2) is 0 Å². The van der Waals surface area contributed by atoms with Crippen LogP contribution in [0.1, 0.15) is 43.7 Å². The van der Waals surface area contributed by atoms with Crippen molar-refractivity contribution < 1.29 is 0 Å². The Labute approximate surface area is 80.3 Å². The Bertz CT molecular complexity index is 347. The summed E-state index contributed by atoms with van der Waals surface area (Å²) in [6.07, 6.45) is 2.38. The van der Waals surface area contributed by atoms with Crippen molar-refractivity contribution in [3.8, 4) is 0 Å². The minimum atomic E-state index is 0.590. The minimum absolute atomic E-state index is 0.590. The normalized spacial score (nSPS) is 26.5. The van der Waals surface area contributed by atoms with Crippen LogP contribution in [0.15, 0.2) is 35.9 Å². The zero-order chi connectivity index (χ0) is 9.42. The molecule has 0 aliphatic heterocycles. The van der Waals surface area contributed by atoms with Gasteiger partial charge < -0.3 is 0 Å². The summed E-state index contributed by atoms with van der Waals surface area (Å²) in [5.41, 5.74) is 4.52. The molecule has 1 aliphatic rings. The van der Waals surface area contributed by atoms with E-state index in [2.05, 4.69) is 51.1 Å². The van der Waals surface area contributed by atoms with E-state index < -0.39 is 0 Å². The second-order valence-corrected chi connectivity index (χ2v) is 4.05. The third kappa shape index (κ3) is 1.31. The molecule has 2 atom stereocenters. The van der Waals surface area contributed by atoms with Crippen LogP contribution < -0.4 is 0 Å². The maximum absolute atomic E-state index is 2.38. The van der Waals surface area contributed by atoms with Crippen molar-refractivity contribution in [1.29, 1.82) is 0 Å². The molecule has 1 aromatic carbocycles. The van der Waals surface area contributed by atoms with Crippen molar-refractivity contribution in [2.45, 2.75) is 32.6 Å². The van der Waals surface area contributed by atoms with Crippen LogP contribution in [0.4, 0.5) is 0 Å². The molecule has 2 unspecified atom stereocenters. The summed E-state index contributed by atoms with van der Waals surface area (Å²) >= 11 is 0. The SMILES string of the molecule is CC1=CC(C)c2ccccc2C1C. The minimum Gasteiger partial charge on any atom is -0.0777 e. The van der Waals surface area contributed by atoms with E-state index in [1.54, 1.807) is 0 Å². The third-order valence-electron chi connectivity index (χ3n) is 3.15. The van der Waals surface area contributed by atoms with E-state index in [4.69, 9.17) is 0 Å². The van der Waals surface area contributed by atoms with Gasteiger partial charge in [0, 0.05) is 5.92 Å². The first kappa shape index (κ1) is 8.55. The van der Waals surface area contributed by atoms with Crippen LogP contribution in [0.2, 0.25) is 0 Å². The molecule has 0 N–H and O–H groups in total. The molecular weight excluding hydrogens is 156 g/mol. The quantitative estimate of drug-likeness (QED) is 0.521. The van der Waals surface area contributed by atoms with Crippen molar-refractivity contribution in [1.82, 2.24) is 0 Å². The van der Waals surface area contributed by atoms with Crippen LogP contribution in [0.25, 0.3) is 0 Å². The van der Waals surface area contributed by atoms with Crippen molar-refractivity contribution in [3.05, 3.63) is 47.0 Å². The van der Waals surface area contributed by atoms with Crippen LogP contribution in [0, 0.1) is 0 Å². The predicted octanol–water partition coefficient (Wildman–Crippen LogP) is 3.85. The number of hydrogen-bond acceptors (Lipinski definition) is 0. The fraction of sp³-hybridized carbons (Fsp3) is 0.385. The molecule has 13 heavy (non-hydrogen) atoms. The molecule has 68 valence electrons. The van der Waals surface area contributed by atoms with Gasteiger partial charge in [0.25, 0.3) is 0 Å². The van der Waals surface area contributed by atoms with Gasteiger partial charge in [0.2, 0.25) is 0 Å². The van der Waals surface area contributed by atoms with Gasteiger partial charge in [0.1, 0.15) is 0 Å². The van der Waals surface area contributed by atoms with Crippen molar-refractivity contribution in [3.63, 3.8) is 0 Å². The van der Waals surface area contributed by atoms with Crippen molar-refractivity contribution in [2.75, 3.05) is 0 Å². The topological polar surface area (TPSA) is 0 Å². The average Bonchev–Trinajstić information content (AvgIpc) is 2.15. The Kier molecular flexibility index (Phi) is 1.99. The second kappa shape index (κ2) is 3.02. The highest BCUT2D eigenvalue weighted by atomic mass is 14.2. The summed E-state index contributed by atoms with van der Waals surface area (Å²) in [7, 11) is 0. The number of hydrogen-bond donors (Lipinski definition) is 0. The number of fused-ring (bicyclic) bond motifs is 1. The lowest BCUT2D eigenvalue weighted by molar-refractivity contribution is 0.786. The Balaban J connectivity index is 2.55. The van der Waals surface area contributed by atoms with Crippen molar-refractivity contribution >= 4 is 0 Å². The van der Waals surface area contributed by atoms with E-state index in [1.807, 2.05) is 0 Å². The molecule has 0 heterocycles. The van der Waals surface area contributed by atoms with Gasteiger partial charge in [-0.2, -0.15) is 0 Å². The molecule has 0 radical (unpaired) electrons. The monoisotopic (exact) mass is 172 g/mol. The highest BCUT2D eigenvalue weighted by Crippen LogP contribution is 2.37. The van der Waals surface area contributed by atoms with Gasteiger partial charge >= 0.3 is 0 Å². The summed E-state index contributed by atoms with van der Waals surface area (Å²) in [5.74, 6) is 1.19. The van der Waals surface area contributed by atoms with Crippen molar-refractivity contribution in [2.24, 2.45) is 0 Å². The standard InChI is InChI=1S/C13H16/c1-9-8-10(2)12-6-4-5-7-13(12)11(9)3/h4-8,10-11H,1-3H3. The Morgan fingerprint density at radius 2 is 1.62 bits per heavy atom. The van der Waals surface area contributed by atoms with E-state index >= 15 is 0 Å². The van der Waals surface area contributed by atoms with E-state index in [1.165, 1.54) is 16.7 Å². The molecular formula is C13H16. The van der Waals surface area contributed by atoms with Gasteiger partial charge in [0.05, 0.1) is 0 Å². The second-order valence-electron chi connectivity index (χ2n) is 4.05. The summed E-state index contributed by atoms with van der Waals surface area (Å²) < 4.78 is 0. The zero-order valence-corrected chi connectivity index (χ0v) is 8.54. The molecule has 0 aromatic heterocycles. The van der Waals surface area contributed by atoms with Crippen LogP contribution in [0.3, 0.4) is 0 Å². The lowest BCUT2D eigenvalue weighted by Crippen LogP contribution is -2.08. The number of benzene rings is 1. The molecule has 0 saturated carbocycles. The van der Waals surface area contributed by atoms with Gasteiger partial charge in [-0.25, -0.2) is 0 Å². The smallest absolute Gasteiger partial charge is 0.00202 e. The molecule has 1 aromatic rings. The zero-order valence-electron chi connectivity index (χ0n) is 8.54. The summed E-state index contributed by atoms with van der Waals surface area (Å²) in [6.45, 7) is 6.79. The maximum atomic E-state index is 2.38. The van der Waals surface area contributed by atoms with E-state index in [0.29, 0.717) is 11.8 Å². The lowest BCUT2D eigenvalue weighted by Gasteiger charge is -2.25. The number of rotatable bonds is 0. The van der Waals surface area contributed by atoms with Gasteiger partial charge in [-0.05, 0) is 24.0 Å². The first-order valence-corrected chi connectivity index (χ1v) is 4.97. The predicted molar refractivity (Wildman–Crippen MR) is 57.0 cm³/mol. The number of allylic oxidation sites excluding steroid dienone is 2. The fourth-order valence-corrected chi connectivity index (χ4v) is 2.19. The molecule has 1 aliphatic carbocycles. The van der Waals surface area contributed by atoms with Crippen LogP contribution in [0.5, 0.6) is 0 Å². The van der Waals surface area contributed by atoms with Gasteiger partial charge in [-0.1, -0.05) is 49.8 Å². The average molecular weight is 172 g/mol. The Hall–Kier alpha value is -1.04. The third-order valence-corrected chi connectivity index (χ3v) is 3.15. The molecule has 0 nitrogen and oxygen atoms in total. The highest BCUT2D eigenvalue weighted by Gasteiger charge is 2.19. The first-order chi connectivity index (χ1) is 6.20. The molecule has 0 saturated heterocycles. The first-order valence-electron chi connectivity index (χ1n) is 4.97. The molecule has 2 rings (SSSR count). The molecule has 0 spiro atoms. The maximum Gasteiger partial charge on any atom is 0.00202 e. The summed E-state index contributed by atoms with van der Waals surface area (Å²) in [5, 5.41) is 0. The molecule has 0 heteroatoms. The van der Waals surface area contributed by atoms with E-state index in [0.717, 1.165) is 0 Å². The molecule has 0 amide bonds. The lowest BCUT2D eigenvalue weighted by atomic mass is 9.79. The van der Waals surface area contributed by atoms with E-state index in [-0.39, 0.29) is 0 Å². The Morgan fingerprint density at radius 3 is 2.31 bits per heavy atom. The van der Waals surface area contributed by atoms with Crippen LogP contribution in [-0.2, 0) is 0 Å². The Morgan fingerprint density at radius 1 is 1.00 bits per heavy atom. The summed E-state index contributed by atoms with van der Waals surface area (Å²) in [6, 6.07) is 8.78. The molecule has 0 fully saturated rings. The van der Waals surface area contributed by atoms with Gasteiger partial charge in [0.15, 0.2) is 0 Å². The van der Waals surface area contributed by atoms with Crippen LogP contribution >= 0.6 is 0 Å². The largest absolute Gasteiger partial charge is 0.0777 e. The molecule has 0 bridgehead atoms. The highest BCUT2D eigenvalue weighted by molar-refractivity contribution is 5.43. The fourth-order valence-electron chi connectivity index (χ4n) is 2.19. The summed E-state index contributed by atoms with van der Waals surface area (Å²) in [4.78, 5) is 0. The van der Waals surface area contributed by atoms with Gasteiger partial charge in [-0.3, -0.25) is 0 Å². The van der Waals surface area contributed by atoms with E-state index in [9.17, 15) is 0 Å². The van der Waals surface area contributed by atoms with Gasteiger partial charge in [-0.15, -0.1) is 0 Å².